The highest BCUT2D eigenvalue weighted by Crippen LogP contribution is 2.39. The van der Waals surface area contributed by atoms with Gasteiger partial charge in [-0.05, 0) is 57.8 Å². The van der Waals surface area contributed by atoms with Gasteiger partial charge in [0.1, 0.15) is 5.41 Å². The summed E-state index contributed by atoms with van der Waals surface area (Å²) in [5, 5.41) is 3.74. The molecule has 0 radical (unpaired) electrons. The highest BCUT2D eigenvalue weighted by molar-refractivity contribution is 5.82. The van der Waals surface area contributed by atoms with Gasteiger partial charge in [0, 0.05) is 19.1 Å². The maximum absolute atomic E-state index is 13.3. The SMILES string of the molecule is CC1(C)CCC(N(C(=O)C(C)(C)C(F)F)N2CCCC2)CC1. The maximum Gasteiger partial charge on any atom is 0.252 e. The quantitative estimate of drug-likeness (QED) is 0.780. The molecule has 0 N–H and O–H groups in total. The van der Waals surface area contributed by atoms with Gasteiger partial charge < -0.3 is 0 Å². The number of alkyl halides is 2. The summed E-state index contributed by atoms with van der Waals surface area (Å²) in [6, 6.07) is 0.0802. The molecule has 1 amide bonds. The largest absolute Gasteiger partial charge is 0.273 e. The lowest BCUT2D eigenvalue weighted by Gasteiger charge is -2.46. The molecule has 128 valence electrons. The van der Waals surface area contributed by atoms with Crippen molar-refractivity contribution < 1.29 is 13.6 Å². The van der Waals surface area contributed by atoms with Crippen molar-refractivity contribution >= 4 is 5.91 Å². The van der Waals surface area contributed by atoms with Crippen LogP contribution in [0.4, 0.5) is 8.78 Å². The standard InChI is InChI=1S/C17H30F2N2O/c1-16(2)9-7-13(8-10-16)21(20-11-5-6-12-20)15(22)17(3,4)14(18)19/h13-14H,5-12H2,1-4H3. The van der Waals surface area contributed by atoms with Crippen LogP contribution in [-0.4, -0.2) is 41.5 Å². The zero-order valence-electron chi connectivity index (χ0n) is 14.4. The molecular formula is C17H30F2N2O. The first-order chi connectivity index (χ1) is 10.1. The smallest absolute Gasteiger partial charge is 0.252 e. The van der Waals surface area contributed by atoms with E-state index in [1.54, 1.807) is 5.01 Å². The van der Waals surface area contributed by atoms with Crippen LogP contribution >= 0.6 is 0 Å². The lowest BCUT2D eigenvalue weighted by atomic mass is 9.75. The van der Waals surface area contributed by atoms with Crippen molar-refractivity contribution in [3.8, 4) is 0 Å². The Morgan fingerprint density at radius 3 is 2.14 bits per heavy atom. The van der Waals surface area contributed by atoms with Crippen LogP contribution in [0.15, 0.2) is 0 Å². The molecule has 0 bridgehead atoms. The van der Waals surface area contributed by atoms with Gasteiger partial charge in [0.15, 0.2) is 0 Å². The normalized spacial score (nSPS) is 24.0. The molecule has 1 aliphatic heterocycles. The fourth-order valence-corrected chi connectivity index (χ4v) is 3.46. The first-order valence-electron chi connectivity index (χ1n) is 8.52. The van der Waals surface area contributed by atoms with Gasteiger partial charge in [-0.1, -0.05) is 13.8 Å². The van der Waals surface area contributed by atoms with E-state index in [0.29, 0.717) is 5.41 Å². The third kappa shape index (κ3) is 3.61. The Kier molecular flexibility index (Phi) is 5.15. The molecule has 5 heteroatoms. The number of amides is 1. The van der Waals surface area contributed by atoms with Gasteiger partial charge >= 0.3 is 0 Å². The van der Waals surface area contributed by atoms with Crippen LogP contribution in [0.25, 0.3) is 0 Å². The average molecular weight is 316 g/mol. The summed E-state index contributed by atoms with van der Waals surface area (Å²) in [4.78, 5) is 12.9. The third-order valence-corrected chi connectivity index (χ3v) is 5.35. The molecule has 0 atom stereocenters. The Balaban J connectivity index is 2.18. The van der Waals surface area contributed by atoms with E-state index in [9.17, 15) is 13.6 Å². The fourth-order valence-electron chi connectivity index (χ4n) is 3.46. The summed E-state index contributed by atoms with van der Waals surface area (Å²) in [7, 11) is 0. The molecule has 2 rings (SSSR count). The van der Waals surface area contributed by atoms with Gasteiger partial charge in [0.2, 0.25) is 5.91 Å². The molecule has 3 nitrogen and oxygen atoms in total. The van der Waals surface area contributed by atoms with Crippen molar-refractivity contribution in [1.82, 2.24) is 10.0 Å². The molecule has 22 heavy (non-hydrogen) atoms. The van der Waals surface area contributed by atoms with Crippen molar-refractivity contribution in [3.63, 3.8) is 0 Å². The molecule has 1 heterocycles. The number of hydrazine groups is 1. The number of halogens is 2. The maximum atomic E-state index is 13.3. The Morgan fingerprint density at radius 1 is 1.18 bits per heavy atom. The molecule has 0 aromatic heterocycles. The van der Waals surface area contributed by atoms with Gasteiger partial charge in [0.05, 0.1) is 0 Å². The van der Waals surface area contributed by atoms with Crippen LogP contribution in [0.1, 0.15) is 66.2 Å². The second-order valence-corrected chi connectivity index (χ2v) is 8.23. The van der Waals surface area contributed by atoms with Crippen LogP contribution in [0.5, 0.6) is 0 Å². The molecule has 0 aromatic rings. The van der Waals surface area contributed by atoms with E-state index in [2.05, 4.69) is 13.8 Å². The van der Waals surface area contributed by atoms with Crippen LogP contribution in [0, 0.1) is 10.8 Å². The first-order valence-corrected chi connectivity index (χ1v) is 8.52. The van der Waals surface area contributed by atoms with E-state index in [4.69, 9.17) is 0 Å². The zero-order valence-corrected chi connectivity index (χ0v) is 14.4. The Labute approximate surface area is 133 Å². The van der Waals surface area contributed by atoms with E-state index < -0.39 is 17.7 Å². The van der Waals surface area contributed by atoms with Gasteiger partial charge in [0.25, 0.3) is 6.43 Å². The number of nitrogens with zero attached hydrogens (tertiary/aromatic N) is 2. The lowest BCUT2D eigenvalue weighted by Crippen LogP contribution is -2.57. The van der Waals surface area contributed by atoms with Crippen molar-refractivity contribution in [1.29, 1.82) is 0 Å². The number of carbonyl (C=O) groups excluding carboxylic acids is 1. The predicted octanol–water partition coefficient (Wildman–Crippen LogP) is 4.09. The van der Waals surface area contributed by atoms with E-state index in [1.165, 1.54) is 13.8 Å². The van der Waals surface area contributed by atoms with Crippen LogP contribution in [0.2, 0.25) is 0 Å². The summed E-state index contributed by atoms with van der Waals surface area (Å²) in [6.07, 6.45) is 3.36. The fraction of sp³-hybridized carbons (Fsp3) is 0.941. The second kappa shape index (κ2) is 6.42. The second-order valence-electron chi connectivity index (χ2n) is 8.23. The van der Waals surface area contributed by atoms with Crippen molar-refractivity contribution in [2.45, 2.75) is 78.7 Å². The molecule has 0 unspecified atom stereocenters. The van der Waals surface area contributed by atoms with E-state index in [-0.39, 0.29) is 6.04 Å². The molecule has 0 spiro atoms. The molecule has 1 saturated heterocycles. The molecule has 2 fully saturated rings. The average Bonchev–Trinajstić information content (AvgIpc) is 2.94. The molecular weight excluding hydrogens is 286 g/mol. The Morgan fingerprint density at radius 2 is 1.68 bits per heavy atom. The van der Waals surface area contributed by atoms with Gasteiger partial charge in [-0.3, -0.25) is 9.80 Å². The minimum atomic E-state index is -2.63. The van der Waals surface area contributed by atoms with E-state index >= 15 is 0 Å². The van der Waals surface area contributed by atoms with Crippen molar-refractivity contribution in [2.75, 3.05) is 13.1 Å². The predicted molar refractivity (Wildman–Crippen MR) is 83.5 cm³/mol. The van der Waals surface area contributed by atoms with Crippen LogP contribution in [-0.2, 0) is 4.79 Å². The minimum Gasteiger partial charge on any atom is -0.273 e. The highest BCUT2D eigenvalue weighted by atomic mass is 19.3. The van der Waals surface area contributed by atoms with E-state index in [0.717, 1.165) is 51.6 Å². The number of hydrogen-bond acceptors (Lipinski definition) is 2. The van der Waals surface area contributed by atoms with E-state index in [1.807, 2.05) is 5.01 Å². The molecule has 0 aromatic carbocycles. The topological polar surface area (TPSA) is 23.6 Å². The van der Waals surface area contributed by atoms with Crippen LogP contribution < -0.4 is 0 Å². The summed E-state index contributed by atoms with van der Waals surface area (Å²) in [5.41, 5.74) is -1.32. The van der Waals surface area contributed by atoms with Gasteiger partial charge in [-0.2, -0.15) is 0 Å². The van der Waals surface area contributed by atoms with Crippen molar-refractivity contribution in [2.24, 2.45) is 10.8 Å². The monoisotopic (exact) mass is 316 g/mol. The Hall–Kier alpha value is -0.710. The summed E-state index contributed by atoms with van der Waals surface area (Å²) in [6.45, 7) is 8.85. The number of hydrogen-bond donors (Lipinski definition) is 0. The summed E-state index contributed by atoms with van der Waals surface area (Å²) < 4.78 is 26.7. The van der Waals surface area contributed by atoms with Crippen molar-refractivity contribution in [3.05, 3.63) is 0 Å². The number of carbonyl (C=O) groups is 1. The highest BCUT2D eigenvalue weighted by Gasteiger charge is 2.45. The molecule has 2 aliphatic rings. The molecule has 1 saturated carbocycles. The lowest BCUT2D eigenvalue weighted by molar-refractivity contribution is -0.174. The first kappa shape index (κ1) is 17.6. The Bertz CT molecular complexity index is 393. The molecule has 1 aliphatic carbocycles. The number of rotatable bonds is 4. The third-order valence-electron chi connectivity index (χ3n) is 5.35. The zero-order chi connectivity index (χ0) is 16.5. The summed E-state index contributed by atoms with van der Waals surface area (Å²) in [5.74, 6) is -0.408. The minimum absolute atomic E-state index is 0.0802. The van der Waals surface area contributed by atoms with Gasteiger partial charge in [-0.25, -0.2) is 13.8 Å². The van der Waals surface area contributed by atoms with Crippen LogP contribution in [0.3, 0.4) is 0 Å². The summed E-state index contributed by atoms with van der Waals surface area (Å²) >= 11 is 0. The van der Waals surface area contributed by atoms with Gasteiger partial charge in [-0.15, -0.1) is 0 Å².